The first-order valence-corrected chi connectivity index (χ1v) is 5.22. The fourth-order valence-corrected chi connectivity index (χ4v) is 1.48. The summed E-state index contributed by atoms with van der Waals surface area (Å²) in [7, 11) is 0. The lowest BCUT2D eigenvalue weighted by atomic mass is 9.88. The van der Waals surface area contributed by atoms with Gasteiger partial charge in [-0.3, -0.25) is 0 Å². The molecule has 1 atom stereocenters. The summed E-state index contributed by atoms with van der Waals surface area (Å²) in [6, 6.07) is 12.0. The van der Waals surface area contributed by atoms with Gasteiger partial charge in [-0.2, -0.15) is 5.26 Å². The summed E-state index contributed by atoms with van der Waals surface area (Å²) in [5.74, 6) is 0. The molecule has 80 valence electrons. The summed E-state index contributed by atoms with van der Waals surface area (Å²) in [5.41, 5.74) is 1.18. The van der Waals surface area contributed by atoms with Gasteiger partial charge in [-0.05, 0) is 24.0 Å². The van der Waals surface area contributed by atoms with Crippen LogP contribution in [0.4, 0.5) is 5.69 Å². The summed E-state index contributed by atoms with van der Waals surface area (Å²) in [4.78, 5) is 0. The number of benzene rings is 1. The third kappa shape index (κ3) is 4.51. The molecule has 0 aromatic heterocycles. The van der Waals surface area contributed by atoms with Crippen LogP contribution in [-0.2, 0) is 0 Å². The van der Waals surface area contributed by atoms with Crippen molar-refractivity contribution in [3.8, 4) is 6.07 Å². The number of nitrogens with one attached hydrogen (secondary N) is 1. The maximum atomic E-state index is 9.04. The highest BCUT2D eigenvalue weighted by molar-refractivity contribution is 5.44. The normalized spacial score (nSPS) is 12.9. The fraction of sp³-hybridized carbons (Fsp3) is 0.462. The molecule has 0 aliphatic rings. The zero-order chi connectivity index (χ0) is 11.3. The molecule has 0 spiro atoms. The number of hydrogen-bond donors (Lipinski definition) is 1. The van der Waals surface area contributed by atoms with Gasteiger partial charge in [0.05, 0.1) is 6.07 Å². The van der Waals surface area contributed by atoms with Crippen LogP contribution >= 0.6 is 0 Å². The van der Waals surface area contributed by atoms with Gasteiger partial charge in [0.1, 0.15) is 6.04 Å². The molecule has 0 heterocycles. The van der Waals surface area contributed by atoms with E-state index >= 15 is 0 Å². The summed E-state index contributed by atoms with van der Waals surface area (Å²) < 4.78 is 0. The molecule has 15 heavy (non-hydrogen) atoms. The Bertz CT molecular complexity index is 330. The van der Waals surface area contributed by atoms with Gasteiger partial charge in [-0.1, -0.05) is 39.0 Å². The first-order valence-electron chi connectivity index (χ1n) is 5.22. The summed E-state index contributed by atoms with van der Waals surface area (Å²) >= 11 is 0. The number of anilines is 1. The van der Waals surface area contributed by atoms with Crippen LogP contribution in [0.3, 0.4) is 0 Å². The Morgan fingerprint density at radius 3 is 2.33 bits per heavy atom. The van der Waals surface area contributed by atoms with E-state index in [2.05, 4.69) is 32.2 Å². The Morgan fingerprint density at radius 2 is 1.87 bits per heavy atom. The molecule has 0 radical (unpaired) electrons. The zero-order valence-corrected chi connectivity index (χ0v) is 9.62. The second-order valence-electron chi connectivity index (χ2n) is 4.96. The Hall–Kier alpha value is -1.49. The first-order chi connectivity index (χ1) is 7.01. The molecular weight excluding hydrogens is 184 g/mol. The molecule has 2 heteroatoms. The van der Waals surface area contributed by atoms with Gasteiger partial charge in [-0.25, -0.2) is 0 Å². The number of nitrogens with zero attached hydrogens (tertiary/aromatic N) is 1. The predicted octanol–water partition coefficient (Wildman–Crippen LogP) is 3.43. The van der Waals surface area contributed by atoms with E-state index in [-0.39, 0.29) is 11.5 Å². The standard InChI is InChI=1S/C13H18N2/c1-13(2,3)9-12(10-14)15-11-7-5-4-6-8-11/h4-8,12,15H,9H2,1-3H3. The van der Waals surface area contributed by atoms with Crippen molar-refractivity contribution in [2.75, 3.05) is 5.32 Å². The smallest absolute Gasteiger partial charge is 0.114 e. The number of rotatable bonds is 3. The van der Waals surface area contributed by atoms with Crippen molar-refractivity contribution in [1.82, 2.24) is 0 Å². The largest absolute Gasteiger partial charge is 0.370 e. The third-order valence-corrected chi connectivity index (χ3v) is 2.09. The lowest BCUT2D eigenvalue weighted by molar-refractivity contribution is 0.370. The highest BCUT2D eigenvalue weighted by Crippen LogP contribution is 2.22. The molecule has 1 rings (SSSR count). The molecule has 0 aliphatic carbocycles. The summed E-state index contributed by atoms with van der Waals surface area (Å²) in [6.45, 7) is 6.43. The van der Waals surface area contributed by atoms with E-state index in [9.17, 15) is 0 Å². The second kappa shape index (κ2) is 4.84. The molecule has 0 bridgehead atoms. The van der Waals surface area contributed by atoms with Crippen LogP contribution in [-0.4, -0.2) is 6.04 Å². The molecule has 1 aromatic carbocycles. The molecule has 1 unspecified atom stereocenters. The van der Waals surface area contributed by atoms with Gasteiger partial charge in [0.2, 0.25) is 0 Å². The molecule has 0 saturated carbocycles. The summed E-state index contributed by atoms with van der Waals surface area (Å²) in [5, 5.41) is 12.3. The van der Waals surface area contributed by atoms with E-state index in [1.807, 2.05) is 30.3 Å². The topological polar surface area (TPSA) is 35.8 Å². The van der Waals surface area contributed by atoms with E-state index in [1.165, 1.54) is 0 Å². The first kappa shape index (κ1) is 11.6. The number of para-hydroxylation sites is 1. The maximum Gasteiger partial charge on any atom is 0.114 e. The predicted molar refractivity (Wildman–Crippen MR) is 63.5 cm³/mol. The van der Waals surface area contributed by atoms with E-state index < -0.39 is 0 Å². The van der Waals surface area contributed by atoms with Crippen LogP contribution in [0.2, 0.25) is 0 Å². The minimum absolute atomic E-state index is 0.118. The third-order valence-electron chi connectivity index (χ3n) is 2.09. The quantitative estimate of drug-likeness (QED) is 0.815. The van der Waals surface area contributed by atoms with Gasteiger partial charge in [0, 0.05) is 5.69 Å². The van der Waals surface area contributed by atoms with E-state index in [0.717, 1.165) is 12.1 Å². The molecule has 0 fully saturated rings. The van der Waals surface area contributed by atoms with E-state index in [1.54, 1.807) is 0 Å². The minimum Gasteiger partial charge on any atom is -0.370 e. The molecular formula is C13H18N2. The van der Waals surface area contributed by atoms with Crippen LogP contribution in [0.5, 0.6) is 0 Å². The molecule has 1 aromatic rings. The molecule has 2 nitrogen and oxygen atoms in total. The van der Waals surface area contributed by atoms with E-state index in [0.29, 0.717) is 0 Å². The molecule has 0 amide bonds. The molecule has 1 N–H and O–H groups in total. The number of nitriles is 1. The van der Waals surface area contributed by atoms with Crippen molar-refractivity contribution in [3.63, 3.8) is 0 Å². The van der Waals surface area contributed by atoms with Gasteiger partial charge >= 0.3 is 0 Å². The van der Waals surface area contributed by atoms with Crippen molar-refractivity contribution in [1.29, 1.82) is 5.26 Å². The van der Waals surface area contributed by atoms with Crippen molar-refractivity contribution in [3.05, 3.63) is 30.3 Å². The summed E-state index contributed by atoms with van der Waals surface area (Å²) in [6.07, 6.45) is 0.846. The lowest BCUT2D eigenvalue weighted by Crippen LogP contribution is -2.23. The van der Waals surface area contributed by atoms with Gasteiger partial charge in [-0.15, -0.1) is 0 Å². The van der Waals surface area contributed by atoms with E-state index in [4.69, 9.17) is 5.26 Å². The highest BCUT2D eigenvalue weighted by atomic mass is 14.9. The average Bonchev–Trinajstić information content (AvgIpc) is 2.16. The van der Waals surface area contributed by atoms with Crippen molar-refractivity contribution in [2.24, 2.45) is 5.41 Å². The van der Waals surface area contributed by atoms with Gasteiger partial charge < -0.3 is 5.32 Å². The fourth-order valence-electron chi connectivity index (χ4n) is 1.48. The van der Waals surface area contributed by atoms with Crippen molar-refractivity contribution in [2.45, 2.75) is 33.2 Å². The monoisotopic (exact) mass is 202 g/mol. The van der Waals surface area contributed by atoms with Gasteiger partial charge in [0.15, 0.2) is 0 Å². The minimum atomic E-state index is -0.118. The Morgan fingerprint density at radius 1 is 1.27 bits per heavy atom. The maximum absolute atomic E-state index is 9.04. The highest BCUT2D eigenvalue weighted by Gasteiger charge is 2.17. The Kier molecular flexibility index (Phi) is 3.74. The number of hydrogen-bond acceptors (Lipinski definition) is 2. The lowest BCUT2D eigenvalue weighted by Gasteiger charge is -2.22. The molecule has 0 aliphatic heterocycles. The van der Waals surface area contributed by atoms with Crippen LogP contribution in [0, 0.1) is 16.7 Å². The molecule has 0 saturated heterocycles. The van der Waals surface area contributed by atoms with Crippen molar-refractivity contribution < 1.29 is 0 Å². The Labute approximate surface area is 91.9 Å². The zero-order valence-electron chi connectivity index (χ0n) is 9.62. The Balaban J connectivity index is 2.60. The van der Waals surface area contributed by atoms with Crippen LogP contribution in [0.25, 0.3) is 0 Å². The van der Waals surface area contributed by atoms with Crippen LogP contribution in [0.1, 0.15) is 27.2 Å². The second-order valence-corrected chi connectivity index (χ2v) is 4.96. The van der Waals surface area contributed by atoms with Crippen LogP contribution < -0.4 is 5.32 Å². The van der Waals surface area contributed by atoms with Crippen LogP contribution in [0.15, 0.2) is 30.3 Å². The SMILES string of the molecule is CC(C)(C)CC(C#N)Nc1ccccc1. The van der Waals surface area contributed by atoms with Crippen molar-refractivity contribution >= 4 is 5.69 Å². The average molecular weight is 202 g/mol. The van der Waals surface area contributed by atoms with Gasteiger partial charge in [0.25, 0.3) is 0 Å².